The molecule has 0 spiro atoms. The lowest BCUT2D eigenvalue weighted by Crippen LogP contribution is -2.42. The lowest BCUT2D eigenvalue weighted by atomic mass is 9.84. The Labute approximate surface area is 253 Å². The number of rotatable bonds is 14. The van der Waals surface area contributed by atoms with E-state index in [1.54, 1.807) is 18.2 Å². The van der Waals surface area contributed by atoms with Crippen LogP contribution in [0.5, 0.6) is 0 Å². The first kappa shape index (κ1) is 31.8. The molecule has 4 rings (SSSR count). The molecule has 2 fully saturated rings. The molecule has 0 bridgehead atoms. The van der Waals surface area contributed by atoms with E-state index in [0.29, 0.717) is 34.3 Å². The van der Waals surface area contributed by atoms with E-state index >= 15 is 0 Å². The van der Waals surface area contributed by atoms with Crippen LogP contribution in [-0.2, 0) is 14.3 Å². The van der Waals surface area contributed by atoms with E-state index in [1.807, 2.05) is 31.3 Å². The highest BCUT2D eigenvalue weighted by molar-refractivity contribution is 6.30. The highest BCUT2D eigenvalue weighted by atomic mass is 35.5. The first-order valence-electron chi connectivity index (χ1n) is 15.0. The second-order valence-electron chi connectivity index (χ2n) is 11.3. The number of methoxy groups -OCH3 is 1. The molecule has 2 aliphatic rings. The van der Waals surface area contributed by atoms with Crippen molar-refractivity contribution in [2.24, 2.45) is 11.8 Å². The van der Waals surface area contributed by atoms with Crippen LogP contribution in [0.2, 0.25) is 5.02 Å². The Balaban J connectivity index is 1.61. The fraction of sp³-hybridized carbons (Fsp3) is 0.531. The Morgan fingerprint density at radius 3 is 2.48 bits per heavy atom. The van der Waals surface area contributed by atoms with Crippen LogP contribution in [0.25, 0.3) is 0 Å². The maximum atomic E-state index is 13.7. The molecule has 2 atom stereocenters. The largest absolute Gasteiger partial charge is 0.453 e. The maximum Gasteiger partial charge on any atom is 0.406 e. The molecule has 0 aliphatic heterocycles. The average molecular weight is 599 g/mol. The summed E-state index contributed by atoms with van der Waals surface area (Å²) in [6.07, 6.45) is 7.69. The van der Waals surface area contributed by atoms with E-state index in [-0.39, 0.29) is 36.9 Å². The monoisotopic (exact) mass is 598 g/mol. The van der Waals surface area contributed by atoms with Crippen molar-refractivity contribution in [2.75, 3.05) is 39.2 Å². The van der Waals surface area contributed by atoms with Gasteiger partial charge in [-0.1, -0.05) is 55.8 Å². The highest BCUT2D eigenvalue weighted by Crippen LogP contribution is 2.33. The van der Waals surface area contributed by atoms with Crippen LogP contribution in [0.15, 0.2) is 42.5 Å². The van der Waals surface area contributed by atoms with E-state index in [1.165, 1.54) is 39.2 Å². The fourth-order valence-electron chi connectivity index (χ4n) is 5.59. The number of benzene rings is 2. The molecule has 0 saturated heterocycles. The number of alkyl carbamates (subject to hydrolysis) is 1. The predicted molar refractivity (Wildman–Crippen MR) is 164 cm³/mol. The molecular weight excluding hydrogens is 556 g/mol. The molecule has 42 heavy (non-hydrogen) atoms. The van der Waals surface area contributed by atoms with Crippen LogP contribution in [-0.4, -0.2) is 57.8 Å². The van der Waals surface area contributed by atoms with Crippen LogP contribution < -0.4 is 21.3 Å². The zero-order valence-electron chi connectivity index (χ0n) is 24.5. The minimum Gasteiger partial charge on any atom is -0.453 e. The molecule has 10 heteroatoms. The Hall–Kier alpha value is -3.14. The normalized spacial score (nSPS) is 16.7. The Bertz CT molecular complexity index is 1220. The van der Waals surface area contributed by atoms with Crippen molar-refractivity contribution in [1.82, 2.24) is 16.0 Å². The van der Waals surface area contributed by atoms with E-state index in [9.17, 15) is 14.4 Å². The first-order chi connectivity index (χ1) is 20.4. The van der Waals surface area contributed by atoms with Gasteiger partial charge in [0.1, 0.15) is 6.10 Å². The van der Waals surface area contributed by atoms with Gasteiger partial charge in [0.05, 0.1) is 13.7 Å². The van der Waals surface area contributed by atoms with Gasteiger partial charge in [-0.2, -0.15) is 0 Å². The van der Waals surface area contributed by atoms with E-state index in [4.69, 9.17) is 16.3 Å². The minimum atomic E-state index is -0.609. The fourth-order valence-corrected chi connectivity index (χ4v) is 5.79. The molecule has 0 radical (unpaired) electrons. The summed E-state index contributed by atoms with van der Waals surface area (Å²) in [7, 11) is 3.20. The third kappa shape index (κ3) is 9.71. The lowest BCUT2D eigenvalue weighted by molar-refractivity contribution is -0.117. The van der Waals surface area contributed by atoms with Gasteiger partial charge < -0.3 is 30.7 Å². The van der Waals surface area contributed by atoms with Crippen LogP contribution in [0.3, 0.4) is 0 Å². The number of hydrogen-bond donors (Lipinski definition) is 4. The van der Waals surface area contributed by atoms with Crippen molar-refractivity contribution in [3.05, 3.63) is 64.2 Å². The molecule has 1 unspecified atom stereocenters. The molecule has 0 aromatic heterocycles. The average Bonchev–Trinajstić information content (AvgIpc) is 3.83. The first-order valence-corrected chi connectivity index (χ1v) is 15.3. The molecule has 3 amide bonds. The summed E-state index contributed by atoms with van der Waals surface area (Å²) >= 11 is 6.33. The number of hydrogen-bond acceptors (Lipinski definition) is 6. The Morgan fingerprint density at radius 2 is 1.79 bits per heavy atom. The third-order valence-corrected chi connectivity index (χ3v) is 8.09. The van der Waals surface area contributed by atoms with Crippen LogP contribution in [0.1, 0.15) is 79.0 Å². The quantitative estimate of drug-likeness (QED) is 0.215. The van der Waals surface area contributed by atoms with Gasteiger partial charge in [-0.15, -0.1) is 0 Å². The summed E-state index contributed by atoms with van der Waals surface area (Å²) in [5.74, 6) is 0.362. The molecular formula is C32H43ClN4O5. The summed E-state index contributed by atoms with van der Waals surface area (Å²) in [6, 6.07) is 12.7. The van der Waals surface area contributed by atoms with Crippen LogP contribution >= 0.6 is 11.6 Å². The van der Waals surface area contributed by atoms with Crippen molar-refractivity contribution in [3.63, 3.8) is 0 Å². The van der Waals surface area contributed by atoms with Gasteiger partial charge in [0.25, 0.3) is 5.91 Å². The Morgan fingerprint density at radius 1 is 1.00 bits per heavy atom. The van der Waals surface area contributed by atoms with E-state index in [2.05, 4.69) is 26.0 Å². The third-order valence-electron chi connectivity index (χ3n) is 7.86. The van der Waals surface area contributed by atoms with E-state index in [0.717, 1.165) is 24.8 Å². The standard InChI is InChI=1S/C32H43ClN4O5/c1-34-20-28(15-21-7-4-3-5-8-21)37-31(39)25-16-24(18-27(19-25)36-30(38)22-11-12-22)29(23-9-6-10-26(33)17-23)42-14-13-35-32(40)41-2/h6,9-10,16-19,21-22,28-29,34H,3-5,7-8,11-15,20H2,1-2H3,(H,35,40)(H,36,38)(H,37,39)/t28-,29?/m0/s1. The number of carbonyl (C=O) groups excluding carboxylic acids is 3. The summed E-state index contributed by atoms with van der Waals surface area (Å²) < 4.78 is 10.9. The summed E-state index contributed by atoms with van der Waals surface area (Å²) in [6.45, 7) is 1.08. The molecule has 2 saturated carbocycles. The maximum absolute atomic E-state index is 13.7. The second-order valence-corrected chi connectivity index (χ2v) is 11.7. The number of anilines is 1. The molecule has 4 N–H and O–H groups in total. The van der Waals surface area contributed by atoms with Crippen molar-refractivity contribution in [3.8, 4) is 0 Å². The van der Waals surface area contributed by atoms with Crippen LogP contribution in [0, 0.1) is 11.8 Å². The lowest BCUT2D eigenvalue weighted by Gasteiger charge is -2.27. The van der Waals surface area contributed by atoms with Gasteiger partial charge in [-0.3, -0.25) is 9.59 Å². The minimum absolute atomic E-state index is 0.00538. The molecule has 2 aromatic rings. The SMILES string of the molecule is CNC[C@H](CC1CCCCC1)NC(=O)c1cc(NC(=O)C2CC2)cc(C(OCCNC(=O)OC)c2cccc(Cl)c2)c1. The second kappa shape index (κ2) is 15.9. The van der Waals surface area contributed by atoms with Crippen molar-refractivity contribution in [1.29, 1.82) is 0 Å². The molecule has 0 heterocycles. The van der Waals surface area contributed by atoms with Gasteiger partial charge in [0.15, 0.2) is 0 Å². The number of halogens is 1. The summed E-state index contributed by atoms with van der Waals surface area (Å²) in [4.78, 5) is 38.0. The molecule has 2 aliphatic carbocycles. The predicted octanol–water partition coefficient (Wildman–Crippen LogP) is 5.44. The Kier molecular flexibility index (Phi) is 12.0. The highest BCUT2D eigenvalue weighted by Gasteiger charge is 2.30. The smallest absolute Gasteiger partial charge is 0.406 e. The topological polar surface area (TPSA) is 118 Å². The molecule has 228 valence electrons. The number of nitrogens with one attached hydrogen (secondary N) is 4. The van der Waals surface area contributed by atoms with Gasteiger partial charge in [-0.25, -0.2) is 4.79 Å². The van der Waals surface area contributed by atoms with Crippen LogP contribution in [0.4, 0.5) is 10.5 Å². The zero-order chi connectivity index (χ0) is 29.9. The number of carbonyl (C=O) groups is 3. The zero-order valence-corrected chi connectivity index (χ0v) is 25.3. The van der Waals surface area contributed by atoms with Crippen molar-refractivity contribution < 1.29 is 23.9 Å². The van der Waals surface area contributed by atoms with Crippen molar-refractivity contribution >= 4 is 35.2 Å². The number of ether oxygens (including phenoxy) is 2. The van der Waals surface area contributed by atoms with Crippen molar-refractivity contribution in [2.45, 2.75) is 63.5 Å². The summed E-state index contributed by atoms with van der Waals surface area (Å²) in [5, 5.41) is 12.6. The van der Waals surface area contributed by atoms with Gasteiger partial charge in [0, 0.05) is 41.3 Å². The van der Waals surface area contributed by atoms with E-state index < -0.39 is 12.2 Å². The number of amides is 3. The molecule has 2 aromatic carbocycles. The van der Waals surface area contributed by atoms with Gasteiger partial charge in [-0.05, 0) is 73.7 Å². The summed E-state index contributed by atoms with van der Waals surface area (Å²) in [5.41, 5.74) is 2.44. The molecule has 9 nitrogen and oxygen atoms in total. The van der Waals surface area contributed by atoms with Gasteiger partial charge in [0.2, 0.25) is 5.91 Å². The number of likely N-dealkylation sites (N-methyl/N-ethyl adjacent to an activating group) is 1. The van der Waals surface area contributed by atoms with Gasteiger partial charge >= 0.3 is 6.09 Å².